The molecule has 0 aliphatic carbocycles. The molecule has 2 N–H and O–H groups in total. The van der Waals surface area contributed by atoms with Gasteiger partial charge < -0.3 is 15.2 Å². The van der Waals surface area contributed by atoms with Crippen LogP contribution in [-0.4, -0.2) is 36.1 Å². The number of nitrogens with zero attached hydrogens (tertiary/aromatic N) is 2. The van der Waals surface area contributed by atoms with Crippen LogP contribution in [0.1, 0.15) is 32.5 Å². The molecule has 1 saturated heterocycles. The van der Waals surface area contributed by atoms with Crippen LogP contribution >= 0.6 is 0 Å². The molecule has 5 heteroatoms. The fourth-order valence-electron chi connectivity index (χ4n) is 2.74. The van der Waals surface area contributed by atoms with Gasteiger partial charge in [-0.25, -0.2) is 4.98 Å². The van der Waals surface area contributed by atoms with Crippen molar-refractivity contribution in [3.63, 3.8) is 0 Å². The summed E-state index contributed by atoms with van der Waals surface area (Å²) in [5.74, 6) is 2.84. The Morgan fingerprint density at radius 2 is 2.35 bits per heavy atom. The lowest BCUT2D eigenvalue weighted by molar-refractivity contribution is 0.381. The number of rotatable bonds is 5. The summed E-state index contributed by atoms with van der Waals surface area (Å²) in [5, 5.41) is 3.53. The maximum Gasteiger partial charge on any atom is 0.252 e. The van der Waals surface area contributed by atoms with Crippen molar-refractivity contribution < 1.29 is 0 Å². The maximum atomic E-state index is 11.5. The molecule has 2 heterocycles. The zero-order valence-corrected chi connectivity index (χ0v) is 12.8. The van der Waals surface area contributed by atoms with Gasteiger partial charge in [-0.2, -0.15) is 0 Å². The van der Waals surface area contributed by atoms with Gasteiger partial charge in [-0.15, -0.1) is 0 Å². The van der Waals surface area contributed by atoms with Gasteiger partial charge in [-0.3, -0.25) is 4.79 Å². The minimum atomic E-state index is -0.0624. The lowest BCUT2D eigenvalue weighted by Crippen LogP contribution is -2.41. The zero-order chi connectivity index (χ0) is 14.5. The SMILES string of the molecule is Cc1nc(N2CCCC(CNCC(C)C)C2)cc(=O)[nH]1. The van der Waals surface area contributed by atoms with Gasteiger partial charge in [0.15, 0.2) is 0 Å². The first kappa shape index (κ1) is 15.0. The number of piperidine rings is 1. The molecule has 5 nitrogen and oxygen atoms in total. The molecular weight excluding hydrogens is 252 g/mol. The molecule has 0 radical (unpaired) electrons. The van der Waals surface area contributed by atoms with E-state index in [4.69, 9.17) is 0 Å². The number of hydrogen-bond donors (Lipinski definition) is 2. The van der Waals surface area contributed by atoms with E-state index in [9.17, 15) is 4.79 Å². The number of hydrogen-bond acceptors (Lipinski definition) is 4. The Labute approximate surface area is 120 Å². The van der Waals surface area contributed by atoms with Gasteiger partial charge in [-0.1, -0.05) is 13.8 Å². The van der Waals surface area contributed by atoms with E-state index in [0.29, 0.717) is 17.7 Å². The number of aromatic nitrogens is 2. The van der Waals surface area contributed by atoms with E-state index in [1.165, 1.54) is 12.8 Å². The van der Waals surface area contributed by atoms with Crippen LogP contribution < -0.4 is 15.8 Å². The first-order valence-electron chi connectivity index (χ1n) is 7.58. The molecule has 1 aromatic heterocycles. The molecule has 1 aromatic rings. The summed E-state index contributed by atoms with van der Waals surface area (Å²) in [7, 11) is 0. The average Bonchev–Trinajstić information content (AvgIpc) is 2.37. The summed E-state index contributed by atoms with van der Waals surface area (Å²) in [4.78, 5) is 20.9. The molecule has 20 heavy (non-hydrogen) atoms. The monoisotopic (exact) mass is 278 g/mol. The van der Waals surface area contributed by atoms with Gasteiger partial charge in [0.25, 0.3) is 5.56 Å². The number of aryl methyl sites for hydroxylation is 1. The first-order valence-corrected chi connectivity index (χ1v) is 7.58. The van der Waals surface area contributed by atoms with E-state index in [0.717, 1.165) is 32.0 Å². The Morgan fingerprint density at radius 1 is 1.55 bits per heavy atom. The van der Waals surface area contributed by atoms with Crippen molar-refractivity contribution in [2.75, 3.05) is 31.1 Å². The molecule has 2 rings (SSSR count). The van der Waals surface area contributed by atoms with Crippen molar-refractivity contribution in [2.45, 2.75) is 33.6 Å². The van der Waals surface area contributed by atoms with Gasteiger partial charge in [-0.05, 0) is 44.7 Å². The quantitative estimate of drug-likeness (QED) is 0.857. The van der Waals surface area contributed by atoms with E-state index in [1.807, 2.05) is 6.92 Å². The summed E-state index contributed by atoms with van der Waals surface area (Å²) in [6.07, 6.45) is 2.42. The maximum absolute atomic E-state index is 11.5. The van der Waals surface area contributed by atoms with Crippen molar-refractivity contribution in [3.8, 4) is 0 Å². The van der Waals surface area contributed by atoms with Gasteiger partial charge in [0, 0.05) is 19.2 Å². The molecule has 1 atom stereocenters. The molecule has 0 bridgehead atoms. The second-order valence-corrected chi connectivity index (χ2v) is 6.20. The molecule has 1 aliphatic rings. The molecular formula is C15H26N4O. The van der Waals surface area contributed by atoms with Gasteiger partial charge in [0.05, 0.1) is 0 Å². The van der Waals surface area contributed by atoms with E-state index in [-0.39, 0.29) is 5.56 Å². The highest BCUT2D eigenvalue weighted by Gasteiger charge is 2.21. The summed E-state index contributed by atoms with van der Waals surface area (Å²) >= 11 is 0. The number of H-pyrrole nitrogens is 1. The van der Waals surface area contributed by atoms with Crippen LogP contribution in [0.5, 0.6) is 0 Å². The second-order valence-electron chi connectivity index (χ2n) is 6.20. The van der Waals surface area contributed by atoms with Crippen LogP contribution in [0.3, 0.4) is 0 Å². The van der Waals surface area contributed by atoms with Crippen molar-refractivity contribution >= 4 is 5.82 Å². The molecule has 1 aliphatic heterocycles. The van der Waals surface area contributed by atoms with Crippen molar-refractivity contribution in [1.82, 2.24) is 15.3 Å². The third-order valence-electron chi connectivity index (χ3n) is 3.68. The van der Waals surface area contributed by atoms with Crippen molar-refractivity contribution in [3.05, 3.63) is 22.2 Å². The zero-order valence-electron chi connectivity index (χ0n) is 12.8. The van der Waals surface area contributed by atoms with Gasteiger partial charge in [0.1, 0.15) is 11.6 Å². The summed E-state index contributed by atoms with van der Waals surface area (Å²) in [6.45, 7) is 10.4. The predicted octanol–water partition coefficient (Wildman–Crippen LogP) is 1.54. The van der Waals surface area contributed by atoms with Gasteiger partial charge >= 0.3 is 0 Å². The molecule has 0 spiro atoms. The number of aromatic amines is 1. The average molecular weight is 278 g/mol. The summed E-state index contributed by atoms with van der Waals surface area (Å²) in [5.41, 5.74) is -0.0624. The van der Waals surface area contributed by atoms with Crippen LogP contribution in [0.15, 0.2) is 10.9 Å². The van der Waals surface area contributed by atoms with Crippen LogP contribution in [0.2, 0.25) is 0 Å². The molecule has 1 fully saturated rings. The van der Waals surface area contributed by atoms with E-state index >= 15 is 0 Å². The minimum Gasteiger partial charge on any atom is -0.356 e. The number of nitrogens with one attached hydrogen (secondary N) is 2. The van der Waals surface area contributed by atoms with Crippen molar-refractivity contribution in [1.29, 1.82) is 0 Å². The Hall–Kier alpha value is -1.36. The Morgan fingerprint density at radius 3 is 3.05 bits per heavy atom. The second kappa shape index (κ2) is 6.88. The molecule has 0 saturated carbocycles. The third-order valence-corrected chi connectivity index (χ3v) is 3.68. The molecule has 0 amide bonds. The van der Waals surface area contributed by atoms with Crippen LogP contribution in [-0.2, 0) is 0 Å². The van der Waals surface area contributed by atoms with Crippen LogP contribution in [0.25, 0.3) is 0 Å². The lowest BCUT2D eigenvalue weighted by Gasteiger charge is -2.33. The molecule has 112 valence electrons. The van der Waals surface area contributed by atoms with Crippen LogP contribution in [0, 0.1) is 18.8 Å². The molecule has 1 unspecified atom stereocenters. The highest BCUT2D eigenvalue weighted by Crippen LogP contribution is 2.20. The lowest BCUT2D eigenvalue weighted by atomic mass is 9.98. The highest BCUT2D eigenvalue weighted by atomic mass is 16.1. The Balaban J connectivity index is 1.94. The number of anilines is 1. The first-order chi connectivity index (χ1) is 9.54. The standard InChI is InChI=1S/C15H26N4O/c1-11(2)8-16-9-13-5-4-6-19(10-13)14-7-15(20)18-12(3)17-14/h7,11,13,16H,4-6,8-10H2,1-3H3,(H,17,18,20). The van der Waals surface area contributed by atoms with Gasteiger partial charge in [0.2, 0.25) is 0 Å². The van der Waals surface area contributed by atoms with E-state index < -0.39 is 0 Å². The molecule has 0 aromatic carbocycles. The Bertz CT molecular complexity index is 483. The topological polar surface area (TPSA) is 61.0 Å². The third kappa shape index (κ3) is 4.34. The smallest absolute Gasteiger partial charge is 0.252 e. The summed E-state index contributed by atoms with van der Waals surface area (Å²) < 4.78 is 0. The van der Waals surface area contributed by atoms with E-state index in [1.54, 1.807) is 6.07 Å². The fraction of sp³-hybridized carbons (Fsp3) is 0.733. The fourth-order valence-corrected chi connectivity index (χ4v) is 2.74. The van der Waals surface area contributed by atoms with Crippen LogP contribution in [0.4, 0.5) is 5.82 Å². The normalized spacial score (nSPS) is 19.6. The Kier molecular flexibility index (Phi) is 5.17. The summed E-state index contributed by atoms with van der Waals surface area (Å²) in [6, 6.07) is 1.61. The van der Waals surface area contributed by atoms with E-state index in [2.05, 4.69) is 34.0 Å². The largest absolute Gasteiger partial charge is 0.356 e. The minimum absolute atomic E-state index is 0.0624. The van der Waals surface area contributed by atoms with Crippen molar-refractivity contribution in [2.24, 2.45) is 11.8 Å². The highest BCUT2D eigenvalue weighted by molar-refractivity contribution is 5.37. The predicted molar refractivity (Wildman–Crippen MR) is 82.2 cm³/mol.